The summed E-state index contributed by atoms with van der Waals surface area (Å²) in [6, 6.07) is 15.5. The number of hydrogen-bond acceptors (Lipinski definition) is 4. The highest BCUT2D eigenvalue weighted by atomic mass is 14.7. The number of fused-ring (bicyclic) bond motifs is 1. The van der Waals surface area contributed by atoms with Crippen LogP contribution in [-0.2, 0) is 6.42 Å². The Morgan fingerprint density at radius 2 is 2.05 bits per heavy atom. The molecule has 0 aliphatic carbocycles. The van der Waals surface area contributed by atoms with Gasteiger partial charge in [0.1, 0.15) is 0 Å². The molecule has 2 heterocycles. The zero-order valence-electron chi connectivity index (χ0n) is 11.5. The standard InChI is InChI=1S/C17H14N4/c18-8-7-17-14(15-5-1-2-9-20-15)10-13-12(11-19)4-3-6-16(13)21-17/h1-6,9-10H,7-8,18H2. The molecule has 0 radical (unpaired) electrons. The molecule has 0 unspecified atom stereocenters. The highest BCUT2D eigenvalue weighted by Gasteiger charge is 2.11. The van der Waals surface area contributed by atoms with Gasteiger partial charge in [-0.05, 0) is 36.9 Å². The molecule has 2 aromatic heterocycles. The lowest BCUT2D eigenvalue weighted by Gasteiger charge is -2.10. The molecule has 0 atom stereocenters. The lowest BCUT2D eigenvalue weighted by molar-refractivity contribution is 0.933. The topological polar surface area (TPSA) is 75.6 Å². The van der Waals surface area contributed by atoms with Gasteiger partial charge in [-0.25, -0.2) is 0 Å². The van der Waals surface area contributed by atoms with Gasteiger partial charge >= 0.3 is 0 Å². The summed E-state index contributed by atoms with van der Waals surface area (Å²) < 4.78 is 0. The van der Waals surface area contributed by atoms with Gasteiger partial charge in [-0.15, -0.1) is 0 Å². The first-order valence-corrected chi connectivity index (χ1v) is 6.77. The number of nitriles is 1. The second-order valence-corrected chi connectivity index (χ2v) is 4.72. The van der Waals surface area contributed by atoms with Crippen molar-refractivity contribution in [1.29, 1.82) is 5.26 Å². The van der Waals surface area contributed by atoms with Gasteiger partial charge in [-0.1, -0.05) is 12.1 Å². The van der Waals surface area contributed by atoms with Gasteiger partial charge in [0, 0.05) is 23.6 Å². The number of nitrogens with zero attached hydrogens (tertiary/aromatic N) is 3. The SMILES string of the molecule is N#Cc1cccc2nc(CCN)c(-c3ccccn3)cc12. The summed E-state index contributed by atoms with van der Waals surface area (Å²) >= 11 is 0. The Hall–Kier alpha value is -2.77. The molecule has 0 saturated carbocycles. The Morgan fingerprint density at radius 1 is 1.14 bits per heavy atom. The van der Waals surface area contributed by atoms with Crippen LogP contribution in [0.1, 0.15) is 11.3 Å². The van der Waals surface area contributed by atoms with E-state index in [9.17, 15) is 5.26 Å². The van der Waals surface area contributed by atoms with E-state index < -0.39 is 0 Å². The maximum atomic E-state index is 9.26. The van der Waals surface area contributed by atoms with Gasteiger partial charge in [0.15, 0.2) is 0 Å². The quantitative estimate of drug-likeness (QED) is 0.796. The number of aromatic nitrogens is 2. The molecule has 0 aliphatic heterocycles. The number of benzene rings is 1. The van der Waals surface area contributed by atoms with Crippen molar-refractivity contribution in [3.05, 3.63) is 59.9 Å². The summed E-state index contributed by atoms with van der Waals surface area (Å²) in [7, 11) is 0. The molecule has 2 N–H and O–H groups in total. The molecule has 4 heteroatoms. The average Bonchev–Trinajstić information content (AvgIpc) is 2.54. The minimum atomic E-state index is 0.524. The van der Waals surface area contributed by atoms with Crippen LogP contribution in [0.25, 0.3) is 22.2 Å². The van der Waals surface area contributed by atoms with Crippen LogP contribution in [0.3, 0.4) is 0 Å². The minimum absolute atomic E-state index is 0.524. The zero-order valence-corrected chi connectivity index (χ0v) is 11.5. The van der Waals surface area contributed by atoms with E-state index in [1.807, 2.05) is 36.4 Å². The number of nitrogens with two attached hydrogens (primary N) is 1. The third-order valence-corrected chi connectivity index (χ3v) is 3.38. The molecule has 4 nitrogen and oxygen atoms in total. The van der Waals surface area contributed by atoms with Gasteiger partial charge in [0.05, 0.1) is 28.5 Å². The van der Waals surface area contributed by atoms with Crippen molar-refractivity contribution < 1.29 is 0 Å². The van der Waals surface area contributed by atoms with Crippen molar-refractivity contribution in [2.75, 3.05) is 6.54 Å². The predicted octanol–water partition coefficient (Wildman–Crippen LogP) is 2.67. The Labute approximate surface area is 122 Å². The molecule has 0 aliphatic rings. The molecular weight excluding hydrogens is 260 g/mol. The summed E-state index contributed by atoms with van der Waals surface area (Å²) in [6.07, 6.45) is 2.43. The van der Waals surface area contributed by atoms with Crippen molar-refractivity contribution in [3.63, 3.8) is 0 Å². The molecule has 0 bridgehead atoms. The van der Waals surface area contributed by atoms with E-state index in [0.717, 1.165) is 27.9 Å². The molecule has 1 aromatic carbocycles. The van der Waals surface area contributed by atoms with Crippen molar-refractivity contribution in [3.8, 4) is 17.3 Å². The molecule has 3 rings (SSSR count). The van der Waals surface area contributed by atoms with Gasteiger partial charge in [-0.3, -0.25) is 9.97 Å². The molecule has 0 saturated heterocycles. The fraction of sp³-hybridized carbons (Fsp3) is 0.118. The Kier molecular flexibility index (Phi) is 3.59. The molecular formula is C17H14N4. The van der Waals surface area contributed by atoms with Crippen molar-refractivity contribution in [2.45, 2.75) is 6.42 Å². The zero-order chi connectivity index (χ0) is 14.7. The van der Waals surface area contributed by atoms with E-state index in [0.29, 0.717) is 18.5 Å². The van der Waals surface area contributed by atoms with Crippen LogP contribution < -0.4 is 5.73 Å². The fourth-order valence-corrected chi connectivity index (χ4v) is 2.40. The smallest absolute Gasteiger partial charge is 0.0998 e. The highest BCUT2D eigenvalue weighted by molar-refractivity contribution is 5.89. The highest BCUT2D eigenvalue weighted by Crippen LogP contribution is 2.27. The lowest BCUT2D eigenvalue weighted by atomic mass is 10.0. The van der Waals surface area contributed by atoms with Gasteiger partial charge in [0.25, 0.3) is 0 Å². The van der Waals surface area contributed by atoms with Crippen LogP contribution in [-0.4, -0.2) is 16.5 Å². The second-order valence-electron chi connectivity index (χ2n) is 4.72. The average molecular weight is 274 g/mol. The van der Waals surface area contributed by atoms with E-state index in [4.69, 9.17) is 5.73 Å². The summed E-state index contributed by atoms with van der Waals surface area (Å²) in [5, 5.41) is 10.1. The van der Waals surface area contributed by atoms with E-state index in [1.54, 1.807) is 12.3 Å². The van der Waals surface area contributed by atoms with Crippen LogP contribution in [0.4, 0.5) is 0 Å². The fourth-order valence-electron chi connectivity index (χ4n) is 2.40. The van der Waals surface area contributed by atoms with Crippen molar-refractivity contribution >= 4 is 10.9 Å². The van der Waals surface area contributed by atoms with Crippen LogP contribution >= 0.6 is 0 Å². The van der Waals surface area contributed by atoms with Crippen molar-refractivity contribution in [2.24, 2.45) is 5.73 Å². The first-order valence-electron chi connectivity index (χ1n) is 6.77. The molecule has 102 valence electrons. The largest absolute Gasteiger partial charge is 0.330 e. The van der Waals surface area contributed by atoms with Crippen LogP contribution in [0.15, 0.2) is 48.7 Å². The number of pyridine rings is 2. The number of hydrogen-bond donors (Lipinski definition) is 1. The van der Waals surface area contributed by atoms with Crippen LogP contribution in [0.5, 0.6) is 0 Å². The summed E-state index contributed by atoms with van der Waals surface area (Å²) in [6.45, 7) is 0.524. The second kappa shape index (κ2) is 5.70. The molecule has 0 fully saturated rings. The molecule has 21 heavy (non-hydrogen) atoms. The van der Waals surface area contributed by atoms with E-state index in [-0.39, 0.29) is 0 Å². The van der Waals surface area contributed by atoms with Crippen LogP contribution in [0.2, 0.25) is 0 Å². The predicted molar refractivity (Wildman–Crippen MR) is 82.4 cm³/mol. The minimum Gasteiger partial charge on any atom is -0.330 e. The first-order chi connectivity index (χ1) is 10.3. The molecule has 3 aromatic rings. The first kappa shape index (κ1) is 13.2. The van der Waals surface area contributed by atoms with E-state index in [1.165, 1.54) is 0 Å². The van der Waals surface area contributed by atoms with Gasteiger partial charge in [-0.2, -0.15) is 5.26 Å². The summed E-state index contributed by atoms with van der Waals surface area (Å²) in [5.74, 6) is 0. The third-order valence-electron chi connectivity index (χ3n) is 3.38. The maximum Gasteiger partial charge on any atom is 0.0998 e. The Bertz CT molecular complexity index is 819. The van der Waals surface area contributed by atoms with E-state index in [2.05, 4.69) is 16.0 Å². The third kappa shape index (κ3) is 2.47. The van der Waals surface area contributed by atoms with Crippen molar-refractivity contribution in [1.82, 2.24) is 9.97 Å². The Morgan fingerprint density at radius 3 is 2.76 bits per heavy atom. The van der Waals surface area contributed by atoms with Gasteiger partial charge < -0.3 is 5.73 Å². The van der Waals surface area contributed by atoms with Crippen LogP contribution in [0, 0.1) is 11.3 Å². The number of rotatable bonds is 3. The summed E-state index contributed by atoms with van der Waals surface area (Å²) in [4.78, 5) is 9.07. The maximum absolute atomic E-state index is 9.26. The molecule has 0 spiro atoms. The van der Waals surface area contributed by atoms with Gasteiger partial charge in [0.2, 0.25) is 0 Å². The van der Waals surface area contributed by atoms with E-state index >= 15 is 0 Å². The normalized spacial score (nSPS) is 10.5. The summed E-state index contributed by atoms with van der Waals surface area (Å²) in [5.41, 5.74) is 9.84. The lowest BCUT2D eigenvalue weighted by Crippen LogP contribution is -2.06. The molecule has 0 amide bonds. The Balaban J connectivity index is 2.31. The monoisotopic (exact) mass is 274 g/mol.